The number of esters is 1. The quantitative estimate of drug-likeness (QED) is 0.351. The van der Waals surface area contributed by atoms with E-state index in [-0.39, 0.29) is 17.7 Å². The molecule has 7 nitrogen and oxygen atoms in total. The Balaban J connectivity index is 1.27. The molecule has 1 aliphatic heterocycles. The van der Waals surface area contributed by atoms with Gasteiger partial charge in [0.2, 0.25) is 5.91 Å². The van der Waals surface area contributed by atoms with Crippen LogP contribution in [0.15, 0.2) is 24.3 Å². The van der Waals surface area contributed by atoms with Crippen LogP contribution in [-0.2, 0) is 22.4 Å². The Morgan fingerprint density at radius 2 is 1.82 bits per heavy atom. The molecule has 3 amide bonds. The van der Waals surface area contributed by atoms with Crippen molar-refractivity contribution in [1.29, 1.82) is 0 Å². The predicted octanol–water partition coefficient (Wildman–Crippen LogP) is 4.45. The number of anilines is 1. The Kier molecular flexibility index (Phi) is 6.93. The van der Waals surface area contributed by atoms with Gasteiger partial charge in [-0.1, -0.05) is 25.5 Å². The van der Waals surface area contributed by atoms with Crippen LogP contribution in [-0.4, -0.2) is 42.2 Å². The van der Waals surface area contributed by atoms with Crippen LogP contribution < -0.4 is 5.32 Å². The lowest BCUT2D eigenvalue weighted by atomic mass is 9.88. The molecule has 8 heteroatoms. The second kappa shape index (κ2) is 9.87. The van der Waals surface area contributed by atoms with Gasteiger partial charge in [0, 0.05) is 17.8 Å². The standard InChI is InChI=1S/C25H28N2O5S/c1-15-11-12-18-19(14-15)33-22(21(18)25(31)32-2)26-20(28)10-4-3-7-13-27-23(29)16-8-5-6-9-17(16)24(27)30/h5-6,8-9,15H,3-4,7,10-14H2,1-2H3,(H,26,28). The highest BCUT2D eigenvalue weighted by atomic mass is 32.1. The Labute approximate surface area is 197 Å². The van der Waals surface area contributed by atoms with Crippen molar-refractivity contribution >= 4 is 40.0 Å². The van der Waals surface area contributed by atoms with Gasteiger partial charge in [-0.3, -0.25) is 19.3 Å². The summed E-state index contributed by atoms with van der Waals surface area (Å²) < 4.78 is 4.97. The topological polar surface area (TPSA) is 92.8 Å². The zero-order chi connectivity index (χ0) is 23.5. The second-order valence-electron chi connectivity index (χ2n) is 8.71. The molecule has 1 aliphatic carbocycles. The van der Waals surface area contributed by atoms with Crippen LogP contribution in [0, 0.1) is 5.92 Å². The predicted molar refractivity (Wildman–Crippen MR) is 126 cm³/mol. The Morgan fingerprint density at radius 3 is 2.48 bits per heavy atom. The van der Waals surface area contributed by atoms with E-state index in [1.54, 1.807) is 24.3 Å². The summed E-state index contributed by atoms with van der Waals surface area (Å²) in [6.07, 6.45) is 5.05. The molecule has 1 N–H and O–H groups in total. The van der Waals surface area contributed by atoms with Crippen LogP contribution in [0.2, 0.25) is 0 Å². The van der Waals surface area contributed by atoms with E-state index in [4.69, 9.17) is 4.74 Å². The van der Waals surface area contributed by atoms with Gasteiger partial charge >= 0.3 is 5.97 Å². The molecular weight excluding hydrogens is 440 g/mol. The molecule has 4 rings (SSSR count). The molecule has 0 saturated heterocycles. The zero-order valence-electron chi connectivity index (χ0n) is 18.9. The molecule has 2 aliphatic rings. The number of rotatable bonds is 8. The Morgan fingerprint density at radius 1 is 1.12 bits per heavy atom. The molecule has 33 heavy (non-hydrogen) atoms. The number of methoxy groups -OCH3 is 1. The van der Waals surface area contributed by atoms with Gasteiger partial charge in [0.1, 0.15) is 5.00 Å². The van der Waals surface area contributed by atoms with Crippen molar-refractivity contribution in [3.63, 3.8) is 0 Å². The molecule has 1 atom stereocenters. The van der Waals surface area contributed by atoms with Gasteiger partial charge in [0.05, 0.1) is 23.8 Å². The van der Waals surface area contributed by atoms with Gasteiger partial charge in [0.25, 0.3) is 11.8 Å². The fraction of sp³-hybridized carbons (Fsp3) is 0.440. The highest BCUT2D eigenvalue weighted by molar-refractivity contribution is 7.17. The Hall–Kier alpha value is -3.00. The number of nitrogens with one attached hydrogen (secondary N) is 1. The van der Waals surface area contributed by atoms with Crippen LogP contribution in [0.5, 0.6) is 0 Å². The van der Waals surface area contributed by atoms with Gasteiger partial charge in [-0.2, -0.15) is 0 Å². The maximum atomic E-state index is 12.5. The van der Waals surface area contributed by atoms with E-state index in [1.807, 2.05) is 0 Å². The number of benzene rings is 1. The lowest BCUT2D eigenvalue weighted by molar-refractivity contribution is -0.116. The van der Waals surface area contributed by atoms with E-state index in [0.29, 0.717) is 59.8 Å². The van der Waals surface area contributed by atoms with E-state index < -0.39 is 5.97 Å². The number of thiophene rings is 1. The molecular formula is C25H28N2O5S. The Bertz CT molecular complexity index is 1070. The maximum absolute atomic E-state index is 12.5. The first-order valence-corrected chi connectivity index (χ1v) is 12.2. The van der Waals surface area contributed by atoms with E-state index in [1.165, 1.54) is 23.3 Å². The average molecular weight is 469 g/mol. The smallest absolute Gasteiger partial charge is 0.341 e. The number of nitrogens with zero attached hydrogens (tertiary/aromatic N) is 1. The monoisotopic (exact) mass is 468 g/mol. The molecule has 1 unspecified atom stereocenters. The molecule has 1 aromatic carbocycles. The van der Waals surface area contributed by atoms with Crippen LogP contribution in [0.4, 0.5) is 5.00 Å². The minimum Gasteiger partial charge on any atom is -0.465 e. The largest absolute Gasteiger partial charge is 0.465 e. The molecule has 174 valence electrons. The lowest BCUT2D eigenvalue weighted by Gasteiger charge is -2.18. The second-order valence-corrected chi connectivity index (χ2v) is 9.82. The molecule has 0 fully saturated rings. The van der Waals surface area contributed by atoms with E-state index in [9.17, 15) is 19.2 Å². The zero-order valence-corrected chi connectivity index (χ0v) is 19.8. The highest BCUT2D eigenvalue weighted by Crippen LogP contribution is 2.40. The minimum absolute atomic E-state index is 0.146. The lowest BCUT2D eigenvalue weighted by Crippen LogP contribution is -2.30. The van der Waals surface area contributed by atoms with Gasteiger partial charge in [-0.15, -0.1) is 11.3 Å². The average Bonchev–Trinajstić information content (AvgIpc) is 3.27. The summed E-state index contributed by atoms with van der Waals surface area (Å²) in [5.74, 6) is -0.488. The summed E-state index contributed by atoms with van der Waals surface area (Å²) in [4.78, 5) is 52.2. The normalized spacial score (nSPS) is 17.0. The van der Waals surface area contributed by atoms with Gasteiger partial charge in [-0.05, 0) is 55.7 Å². The molecule has 0 spiro atoms. The van der Waals surface area contributed by atoms with Gasteiger partial charge in [0.15, 0.2) is 0 Å². The van der Waals surface area contributed by atoms with Gasteiger partial charge < -0.3 is 10.1 Å². The number of imide groups is 1. The molecule has 0 bridgehead atoms. The van der Waals surface area contributed by atoms with Crippen LogP contribution in [0.1, 0.15) is 80.5 Å². The molecule has 0 saturated carbocycles. The summed E-state index contributed by atoms with van der Waals surface area (Å²) >= 11 is 1.48. The van der Waals surface area contributed by atoms with Crippen LogP contribution >= 0.6 is 11.3 Å². The summed E-state index contributed by atoms with van der Waals surface area (Å²) in [5, 5.41) is 3.50. The summed E-state index contributed by atoms with van der Waals surface area (Å²) in [6.45, 7) is 2.54. The maximum Gasteiger partial charge on any atom is 0.341 e. The summed E-state index contributed by atoms with van der Waals surface area (Å²) in [7, 11) is 1.36. The van der Waals surface area contributed by atoms with Crippen LogP contribution in [0.25, 0.3) is 0 Å². The minimum atomic E-state index is -0.404. The van der Waals surface area contributed by atoms with Crippen molar-refractivity contribution < 1.29 is 23.9 Å². The number of carbonyl (C=O) groups is 4. The number of amides is 3. The van der Waals surface area contributed by atoms with Crippen molar-refractivity contribution in [3.8, 4) is 0 Å². The van der Waals surface area contributed by atoms with E-state index in [0.717, 1.165) is 29.7 Å². The molecule has 1 aromatic heterocycles. The van der Waals surface area contributed by atoms with Crippen molar-refractivity contribution in [2.75, 3.05) is 19.0 Å². The van der Waals surface area contributed by atoms with Crippen LogP contribution in [0.3, 0.4) is 0 Å². The number of hydrogen-bond acceptors (Lipinski definition) is 6. The van der Waals surface area contributed by atoms with Crippen molar-refractivity contribution in [1.82, 2.24) is 4.90 Å². The third kappa shape index (κ3) is 4.71. The van der Waals surface area contributed by atoms with E-state index >= 15 is 0 Å². The molecule has 0 radical (unpaired) electrons. The highest BCUT2D eigenvalue weighted by Gasteiger charge is 2.34. The van der Waals surface area contributed by atoms with Gasteiger partial charge in [-0.25, -0.2) is 4.79 Å². The third-order valence-corrected chi connectivity index (χ3v) is 7.49. The number of ether oxygens (including phenoxy) is 1. The van der Waals surface area contributed by atoms with Crippen molar-refractivity contribution in [2.45, 2.75) is 51.9 Å². The summed E-state index contributed by atoms with van der Waals surface area (Å²) in [5.41, 5.74) is 2.43. The van der Waals surface area contributed by atoms with E-state index in [2.05, 4.69) is 12.2 Å². The number of carbonyl (C=O) groups excluding carboxylic acids is 4. The fourth-order valence-corrected chi connectivity index (χ4v) is 5.94. The molecule has 2 heterocycles. The first-order valence-electron chi connectivity index (χ1n) is 11.4. The SMILES string of the molecule is COC(=O)c1c(NC(=O)CCCCCN2C(=O)c3ccccc3C2=O)sc2c1CCC(C)C2. The number of unbranched alkanes of at least 4 members (excludes halogenated alkanes) is 2. The fourth-order valence-electron chi connectivity index (χ4n) is 4.52. The van der Waals surface area contributed by atoms with Crippen molar-refractivity contribution in [2.24, 2.45) is 5.92 Å². The molecule has 2 aromatic rings. The first-order chi connectivity index (χ1) is 15.9. The summed E-state index contributed by atoms with van der Waals surface area (Å²) in [6, 6.07) is 6.85. The first kappa shape index (κ1) is 23.2. The third-order valence-electron chi connectivity index (χ3n) is 6.32. The number of hydrogen-bond donors (Lipinski definition) is 1. The van der Waals surface area contributed by atoms with Crippen molar-refractivity contribution in [3.05, 3.63) is 51.4 Å². The number of fused-ring (bicyclic) bond motifs is 2.